The molecule has 0 radical (unpaired) electrons. The van der Waals surface area contributed by atoms with Gasteiger partial charge in [0, 0.05) is 31.9 Å². The highest BCUT2D eigenvalue weighted by Crippen LogP contribution is 2.20. The lowest BCUT2D eigenvalue weighted by Crippen LogP contribution is -2.40. The Morgan fingerprint density at radius 2 is 2.19 bits per heavy atom. The molecule has 0 bridgehead atoms. The summed E-state index contributed by atoms with van der Waals surface area (Å²) in [6, 6.07) is 4.96. The van der Waals surface area contributed by atoms with Gasteiger partial charge in [-0.15, -0.1) is 0 Å². The van der Waals surface area contributed by atoms with Crippen molar-refractivity contribution in [2.24, 2.45) is 0 Å². The Kier molecular flexibility index (Phi) is 6.46. The fourth-order valence-corrected chi connectivity index (χ4v) is 3.03. The highest BCUT2D eigenvalue weighted by atomic mass is 15.3. The number of rotatable bonds is 6. The molecule has 2 heterocycles. The monoisotopic (exact) mass is 290 g/mol. The van der Waals surface area contributed by atoms with Crippen molar-refractivity contribution in [2.45, 2.75) is 45.7 Å². The summed E-state index contributed by atoms with van der Waals surface area (Å²) in [4.78, 5) is 9.59. The number of pyridine rings is 1. The van der Waals surface area contributed by atoms with Crippen LogP contribution in [0.2, 0.25) is 0 Å². The maximum absolute atomic E-state index is 4.64. The molecule has 1 aromatic rings. The zero-order valence-corrected chi connectivity index (χ0v) is 13.8. The van der Waals surface area contributed by atoms with Gasteiger partial charge in [0.15, 0.2) is 0 Å². The molecule has 1 saturated heterocycles. The van der Waals surface area contributed by atoms with Gasteiger partial charge in [0.05, 0.1) is 0 Å². The number of aromatic nitrogens is 1. The van der Waals surface area contributed by atoms with E-state index in [2.05, 4.69) is 53.1 Å². The largest absolute Gasteiger partial charge is 0.352 e. The molecule has 4 heteroatoms. The fourth-order valence-electron chi connectivity index (χ4n) is 3.03. The normalized spacial score (nSPS) is 20.5. The average molecular weight is 290 g/mol. The zero-order valence-electron chi connectivity index (χ0n) is 13.8. The van der Waals surface area contributed by atoms with E-state index in [0.717, 1.165) is 32.0 Å². The quantitative estimate of drug-likeness (QED) is 0.816. The summed E-state index contributed by atoms with van der Waals surface area (Å²) in [5.74, 6) is 1.15. The number of hydrogen-bond acceptors (Lipinski definition) is 4. The van der Waals surface area contributed by atoms with Gasteiger partial charge >= 0.3 is 0 Å². The summed E-state index contributed by atoms with van der Waals surface area (Å²) in [6.07, 6.45) is 5.52. The van der Waals surface area contributed by atoms with Gasteiger partial charge in [-0.25, -0.2) is 4.98 Å². The highest BCUT2D eigenvalue weighted by molar-refractivity contribution is 5.42. The molecular weight excluding hydrogens is 260 g/mol. The third kappa shape index (κ3) is 4.68. The first kappa shape index (κ1) is 16.2. The van der Waals surface area contributed by atoms with Gasteiger partial charge in [0.1, 0.15) is 5.82 Å². The van der Waals surface area contributed by atoms with E-state index >= 15 is 0 Å². The first-order chi connectivity index (χ1) is 10.2. The Bertz CT molecular complexity index is 421. The molecule has 4 nitrogen and oxygen atoms in total. The maximum atomic E-state index is 4.64. The van der Waals surface area contributed by atoms with Crippen LogP contribution in [0, 0.1) is 0 Å². The van der Waals surface area contributed by atoms with E-state index in [4.69, 9.17) is 0 Å². The number of hydrogen-bond donors (Lipinski definition) is 1. The molecule has 0 amide bonds. The molecule has 21 heavy (non-hydrogen) atoms. The Hall–Kier alpha value is -1.13. The van der Waals surface area contributed by atoms with E-state index in [1.54, 1.807) is 0 Å². The lowest BCUT2D eigenvalue weighted by Gasteiger charge is -2.31. The number of nitrogens with one attached hydrogen (secondary N) is 1. The van der Waals surface area contributed by atoms with Gasteiger partial charge in [-0.2, -0.15) is 0 Å². The number of nitrogens with zero attached hydrogens (tertiary/aromatic N) is 3. The van der Waals surface area contributed by atoms with Crippen molar-refractivity contribution >= 4 is 5.82 Å². The topological polar surface area (TPSA) is 31.4 Å². The lowest BCUT2D eigenvalue weighted by molar-refractivity contribution is 0.327. The van der Waals surface area contributed by atoms with E-state index < -0.39 is 0 Å². The Morgan fingerprint density at radius 3 is 2.95 bits per heavy atom. The summed E-state index contributed by atoms with van der Waals surface area (Å²) in [5, 5.41) is 3.47. The van der Waals surface area contributed by atoms with Gasteiger partial charge in [-0.1, -0.05) is 13.8 Å². The third-order valence-corrected chi connectivity index (χ3v) is 4.23. The molecule has 1 atom stereocenters. The minimum atomic E-state index is 0.573. The van der Waals surface area contributed by atoms with Crippen LogP contribution in [-0.4, -0.2) is 49.2 Å². The van der Waals surface area contributed by atoms with Crippen molar-refractivity contribution in [3.8, 4) is 0 Å². The van der Waals surface area contributed by atoms with Gasteiger partial charge in [-0.3, -0.25) is 0 Å². The van der Waals surface area contributed by atoms with Gasteiger partial charge < -0.3 is 15.1 Å². The van der Waals surface area contributed by atoms with E-state index in [0.29, 0.717) is 6.04 Å². The number of likely N-dealkylation sites (N-methyl/N-ethyl adjacent to an activating group) is 1. The summed E-state index contributed by atoms with van der Waals surface area (Å²) in [6.45, 7) is 9.93. The maximum Gasteiger partial charge on any atom is 0.129 e. The molecule has 0 saturated carbocycles. The van der Waals surface area contributed by atoms with Crippen molar-refractivity contribution in [2.75, 3.05) is 38.1 Å². The van der Waals surface area contributed by atoms with Crippen molar-refractivity contribution in [3.63, 3.8) is 0 Å². The standard InChI is InChI=1S/C17H30N4/c1-4-8-18-13-15-7-9-19-17(12-15)21-11-6-10-20(3)14-16(21)5-2/h7,9,12,16,18H,4-6,8,10-11,13-14H2,1-3H3. The molecule has 118 valence electrons. The Labute approximate surface area is 129 Å². The first-order valence-electron chi connectivity index (χ1n) is 8.35. The molecule has 0 aliphatic carbocycles. The Morgan fingerprint density at radius 1 is 1.33 bits per heavy atom. The molecule has 1 fully saturated rings. The van der Waals surface area contributed by atoms with E-state index in [1.807, 2.05) is 6.20 Å². The highest BCUT2D eigenvalue weighted by Gasteiger charge is 2.23. The SMILES string of the molecule is CCCNCc1ccnc(N2CCCN(C)CC2CC)c1. The van der Waals surface area contributed by atoms with Crippen LogP contribution in [-0.2, 0) is 6.54 Å². The van der Waals surface area contributed by atoms with Crippen LogP contribution in [0.25, 0.3) is 0 Å². The predicted octanol–water partition coefficient (Wildman–Crippen LogP) is 2.50. The molecule has 2 rings (SSSR count). The second kappa shape index (κ2) is 8.35. The summed E-state index contributed by atoms with van der Waals surface area (Å²) in [7, 11) is 2.23. The summed E-state index contributed by atoms with van der Waals surface area (Å²) >= 11 is 0. The van der Waals surface area contributed by atoms with Crippen molar-refractivity contribution in [1.82, 2.24) is 15.2 Å². The van der Waals surface area contributed by atoms with Crippen LogP contribution in [0.5, 0.6) is 0 Å². The molecule has 1 unspecified atom stereocenters. The third-order valence-electron chi connectivity index (χ3n) is 4.23. The first-order valence-corrected chi connectivity index (χ1v) is 8.35. The van der Waals surface area contributed by atoms with Crippen molar-refractivity contribution in [1.29, 1.82) is 0 Å². The van der Waals surface area contributed by atoms with Crippen molar-refractivity contribution < 1.29 is 0 Å². The molecular formula is C17H30N4. The second-order valence-electron chi connectivity index (χ2n) is 6.07. The zero-order chi connectivity index (χ0) is 15.1. The van der Waals surface area contributed by atoms with E-state index in [1.165, 1.54) is 31.4 Å². The summed E-state index contributed by atoms with van der Waals surface area (Å²) < 4.78 is 0. The Balaban J connectivity index is 2.09. The average Bonchev–Trinajstić information content (AvgIpc) is 2.69. The van der Waals surface area contributed by atoms with Gasteiger partial charge in [-0.05, 0) is 57.1 Å². The molecule has 1 aromatic heterocycles. The predicted molar refractivity (Wildman–Crippen MR) is 89.8 cm³/mol. The van der Waals surface area contributed by atoms with Crippen LogP contribution >= 0.6 is 0 Å². The van der Waals surface area contributed by atoms with Crippen LogP contribution in [0.1, 0.15) is 38.7 Å². The number of anilines is 1. The second-order valence-corrected chi connectivity index (χ2v) is 6.07. The molecule has 1 N–H and O–H groups in total. The molecule has 0 spiro atoms. The minimum absolute atomic E-state index is 0.573. The fraction of sp³-hybridized carbons (Fsp3) is 0.706. The smallest absolute Gasteiger partial charge is 0.129 e. The van der Waals surface area contributed by atoms with Crippen LogP contribution in [0.15, 0.2) is 18.3 Å². The van der Waals surface area contributed by atoms with E-state index in [9.17, 15) is 0 Å². The van der Waals surface area contributed by atoms with Crippen LogP contribution < -0.4 is 10.2 Å². The molecule has 1 aliphatic rings. The van der Waals surface area contributed by atoms with Gasteiger partial charge in [0.2, 0.25) is 0 Å². The minimum Gasteiger partial charge on any atom is -0.352 e. The van der Waals surface area contributed by atoms with Crippen molar-refractivity contribution in [3.05, 3.63) is 23.9 Å². The van der Waals surface area contributed by atoms with E-state index in [-0.39, 0.29) is 0 Å². The molecule has 0 aromatic carbocycles. The summed E-state index contributed by atoms with van der Waals surface area (Å²) in [5.41, 5.74) is 1.33. The van der Waals surface area contributed by atoms with Crippen LogP contribution in [0.3, 0.4) is 0 Å². The van der Waals surface area contributed by atoms with Gasteiger partial charge in [0.25, 0.3) is 0 Å². The van der Waals surface area contributed by atoms with Crippen LogP contribution in [0.4, 0.5) is 5.82 Å². The molecule has 1 aliphatic heterocycles. The lowest BCUT2D eigenvalue weighted by atomic mass is 10.1.